The molecule has 0 aliphatic rings. The molecule has 0 amide bonds. The van der Waals surface area contributed by atoms with Crippen molar-refractivity contribution >= 4 is 27.6 Å². The molecule has 0 radical (unpaired) electrons. The lowest BCUT2D eigenvalue weighted by molar-refractivity contribution is 0.569. The van der Waals surface area contributed by atoms with Gasteiger partial charge in [-0.25, -0.2) is 4.85 Å². The highest BCUT2D eigenvalue weighted by molar-refractivity contribution is 6.07. The number of benzene rings is 2. The van der Waals surface area contributed by atoms with Gasteiger partial charge in [0.1, 0.15) is 11.2 Å². The van der Waals surface area contributed by atoms with E-state index in [1.54, 1.807) is 0 Å². The molecule has 0 atom stereocenters. The van der Waals surface area contributed by atoms with Gasteiger partial charge in [0, 0.05) is 16.3 Å². The lowest BCUT2D eigenvalue weighted by Gasteiger charge is -2.21. The van der Waals surface area contributed by atoms with Crippen LogP contribution in [0, 0.1) is 13.5 Å². The molecule has 2 nitrogen and oxygen atoms in total. The van der Waals surface area contributed by atoms with Gasteiger partial charge in [0.25, 0.3) is 0 Å². The predicted molar refractivity (Wildman–Crippen MR) is 83.4 cm³/mol. The highest BCUT2D eigenvalue weighted by atomic mass is 16.3. The SMILES string of the molecule is [C-]#[N+]c1ccc2c(c1)oc1c(C(C)(C)C)c(C)ccc12. The first kappa shape index (κ1) is 12.7. The van der Waals surface area contributed by atoms with Gasteiger partial charge in [0.2, 0.25) is 0 Å². The van der Waals surface area contributed by atoms with Crippen molar-refractivity contribution in [2.75, 3.05) is 0 Å². The Hall–Kier alpha value is -2.27. The van der Waals surface area contributed by atoms with Crippen molar-refractivity contribution in [3.8, 4) is 0 Å². The fourth-order valence-electron chi connectivity index (χ4n) is 2.93. The Morgan fingerprint density at radius 1 is 1.05 bits per heavy atom. The minimum Gasteiger partial charge on any atom is -0.457 e. The minimum atomic E-state index is 0.0279. The molecule has 1 aromatic heterocycles. The predicted octanol–water partition coefficient (Wildman–Crippen LogP) is 5.74. The molecule has 0 saturated carbocycles. The second kappa shape index (κ2) is 4.11. The normalized spacial score (nSPS) is 11.9. The number of fused-ring (bicyclic) bond motifs is 3. The molecule has 0 bridgehead atoms. The van der Waals surface area contributed by atoms with E-state index >= 15 is 0 Å². The Kier molecular flexibility index (Phi) is 2.62. The number of hydrogen-bond acceptors (Lipinski definition) is 1. The number of rotatable bonds is 0. The first-order valence-corrected chi connectivity index (χ1v) is 6.75. The van der Waals surface area contributed by atoms with Gasteiger partial charge in [0.15, 0.2) is 5.69 Å². The quantitative estimate of drug-likeness (QED) is 0.472. The van der Waals surface area contributed by atoms with Crippen LogP contribution in [0.1, 0.15) is 31.9 Å². The maximum Gasteiger partial charge on any atom is 0.190 e. The molecule has 3 rings (SSSR count). The maximum absolute atomic E-state index is 7.11. The summed E-state index contributed by atoms with van der Waals surface area (Å²) in [6.07, 6.45) is 0. The van der Waals surface area contributed by atoms with Crippen LogP contribution in [0.15, 0.2) is 34.7 Å². The second-order valence-electron chi connectivity index (χ2n) is 6.28. The standard InChI is InChI=1S/C18H17NO/c1-11-6-8-14-13-9-7-12(19-5)10-15(13)20-17(14)16(11)18(2,3)4/h6-10H,1-4H3. The van der Waals surface area contributed by atoms with Gasteiger partial charge in [-0.05, 0) is 24.0 Å². The Balaban J connectivity index is 2.47. The van der Waals surface area contributed by atoms with Crippen LogP contribution in [0.5, 0.6) is 0 Å². The van der Waals surface area contributed by atoms with Crippen LogP contribution in [0.2, 0.25) is 0 Å². The number of nitrogens with zero attached hydrogens (tertiary/aromatic N) is 1. The molecule has 20 heavy (non-hydrogen) atoms. The molecule has 2 aromatic carbocycles. The van der Waals surface area contributed by atoms with Gasteiger partial charge in [-0.1, -0.05) is 45.0 Å². The second-order valence-corrected chi connectivity index (χ2v) is 6.28. The van der Waals surface area contributed by atoms with Gasteiger partial charge < -0.3 is 4.42 Å². The fourth-order valence-corrected chi connectivity index (χ4v) is 2.93. The zero-order valence-electron chi connectivity index (χ0n) is 12.2. The first-order chi connectivity index (χ1) is 9.41. The molecule has 0 N–H and O–H groups in total. The summed E-state index contributed by atoms with van der Waals surface area (Å²) in [5, 5.41) is 2.21. The molecule has 0 spiro atoms. The average Bonchev–Trinajstić information content (AvgIpc) is 2.73. The summed E-state index contributed by atoms with van der Waals surface area (Å²) in [4.78, 5) is 3.47. The first-order valence-electron chi connectivity index (χ1n) is 6.75. The summed E-state index contributed by atoms with van der Waals surface area (Å²) in [6, 6.07) is 9.92. The minimum absolute atomic E-state index is 0.0279. The van der Waals surface area contributed by atoms with Crippen molar-refractivity contribution in [3.63, 3.8) is 0 Å². The van der Waals surface area contributed by atoms with E-state index in [2.05, 4.69) is 44.7 Å². The highest BCUT2D eigenvalue weighted by Gasteiger charge is 2.22. The van der Waals surface area contributed by atoms with Crippen LogP contribution in [0.3, 0.4) is 0 Å². The molecule has 0 saturated heterocycles. The topological polar surface area (TPSA) is 17.5 Å². The molecule has 2 heteroatoms. The van der Waals surface area contributed by atoms with Gasteiger partial charge in [-0.3, -0.25) is 0 Å². The maximum atomic E-state index is 7.11. The fraction of sp³-hybridized carbons (Fsp3) is 0.278. The van der Waals surface area contributed by atoms with Gasteiger partial charge in [-0.2, -0.15) is 0 Å². The van der Waals surface area contributed by atoms with E-state index in [1.165, 1.54) is 11.1 Å². The summed E-state index contributed by atoms with van der Waals surface area (Å²) < 4.78 is 6.09. The van der Waals surface area contributed by atoms with E-state index in [4.69, 9.17) is 11.0 Å². The van der Waals surface area contributed by atoms with Crippen molar-refractivity contribution < 1.29 is 4.42 Å². The van der Waals surface area contributed by atoms with Crippen molar-refractivity contribution in [3.05, 3.63) is 52.9 Å². The number of hydrogen-bond donors (Lipinski definition) is 0. The monoisotopic (exact) mass is 263 g/mol. The summed E-state index contributed by atoms with van der Waals surface area (Å²) >= 11 is 0. The van der Waals surface area contributed by atoms with Crippen LogP contribution >= 0.6 is 0 Å². The number of furan rings is 1. The lowest BCUT2D eigenvalue weighted by Crippen LogP contribution is -2.13. The average molecular weight is 263 g/mol. The van der Waals surface area contributed by atoms with Crippen molar-refractivity contribution in [1.29, 1.82) is 0 Å². The molecular weight excluding hydrogens is 246 g/mol. The third-order valence-electron chi connectivity index (χ3n) is 3.71. The van der Waals surface area contributed by atoms with Gasteiger partial charge in [0.05, 0.1) is 6.57 Å². The smallest absolute Gasteiger partial charge is 0.190 e. The molecular formula is C18H17NO. The van der Waals surface area contributed by atoms with Crippen LogP contribution in [0.4, 0.5) is 5.69 Å². The largest absolute Gasteiger partial charge is 0.457 e. The Morgan fingerprint density at radius 2 is 1.75 bits per heavy atom. The van der Waals surface area contributed by atoms with Gasteiger partial charge >= 0.3 is 0 Å². The number of aryl methyl sites for hydroxylation is 1. The van der Waals surface area contributed by atoms with Gasteiger partial charge in [-0.15, -0.1) is 0 Å². The molecule has 100 valence electrons. The third-order valence-corrected chi connectivity index (χ3v) is 3.71. The molecule has 0 fully saturated rings. The van der Waals surface area contributed by atoms with E-state index < -0.39 is 0 Å². The van der Waals surface area contributed by atoms with E-state index in [9.17, 15) is 0 Å². The Bertz CT molecular complexity index is 857. The van der Waals surface area contributed by atoms with Crippen LogP contribution < -0.4 is 0 Å². The molecule has 0 aliphatic heterocycles. The third kappa shape index (κ3) is 1.78. The summed E-state index contributed by atoms with van der Waals surface area (Å²) in [5.41, 5.74) is 4.88. The summed E-state index contributed by atoms with van der Waals surface area (Å²) in [5.74, 6) is 0. The van der Waals surface area contributed by atoms with E-state index in [-0.39, 0.29) is 5.41 Å². The van der Waals surface area contributed by atoms with Crippen LogP contribution in [0.25, 0.3) is 26.8 Å². The van der Waals surface area contributed by atoms with E-state index in [0.29, 0.717) is 5.69 Å². The Morgan fingerprint density at radius 3 is 2.40 bits per heavy atom. The van der Waals surface area contributed by atoms with Crippen molar-refractivity contribution in [1.82, 2.24) is 0 Å². The zero-order chi connectivity index (χ0) is 14.5. The molecule has 3 aromatic rings. The molecule has 0 unspecified atom stereocenters. The highest BCUT2D eigenvalue weighted by Crippen LogP contribution is 2.38. The van der Waals surface area contributed by atoms with E-state index in [0.717, 1.165) is 21.9 Å². The summed E-state index contributed by atoms with van der Waals surface area (Å²) in [6.45, 7) is 15.8. The Labute approximate surface area is 118 Å². The molecule has 0 aliphatic carbocycles. The zero-order valence-corrected chi connectivity index (χ0v) is 12.2. The van der Waals surface area contributed by atoms with Crippen molar-refractivity contribution in [2.45, 2.75) is 33.1 Å². The van der Waals surface area contributed by atoms with Crippen LogP contribution in [-0.2, 0) is 5.41 Å². The van der Waals surface area contributed by atoms with E-state index in [1.807, 2.05) is 18.2 Å². The van der Waals surface area contributed by atoms with Crippen molar-refractivity contribution in [2.24, 2.45) is 0 Å². The van der Waals surface area contributed by atoms with Crippen LogP contribution in [-0.4, -0.2) is 0 Å². The lowest BCUT2D eigenvalue weighted by atomic mass is 9.83. The molecule has 1 heterocycles. The summed E-state index contributed by atoms with van der Waals surface area (Å²) in [7, 11) is 0.